The number of carboxylic acids is 1. The third kappa shape index (κ3) is 4.57. The van der Waals surface area contributed by atoms with E-state index in [-0.39, 0.29) is 23.2 Å². The summed E-state index contributed by atoms with van der Waals surface area (Å²) in [4.78, 5) is 31.9. The Morgan fingerprint density at radius 3 is 2.48 bits per heavy atom. The number of hydrogen-bond acceptors (Lipinski definition) is 5. The fourth-order valence-corrected chi connectivity index (χ4v) is 3.20. The smallest absolute Gasteiger partial charge is 0.332 e. The van der Waals surface area contributed by atoms with Crippen LogP contribution in [0.5, 0.6) is 0 Å². The SMILES string of the molecule is CC(C)(C)OC(=O)CCC(C)(C)C1C(C(=O)O)=Cc2cnc(Cl)nc21. The van der Waals surface area contributed by atoms with E-state index in [1.165, 1.54) is 6.20 Å². The van der Waals surface area contributed by atoms with Crippen LogP contribution in [0.15, 0.2) is 11.8 Å². The highest BCUT2D eigenvalue weighted by Crippen LogP contribution is 2.49. The van der Waals surface area contributed by atoms with Crippen molar-refractivity contribution in [2.75, 3.05) is 0 Å². The Kier molecular flexibility index (Phi) is 5.23. The van der Waals surface area contributed by atoms with E-state index in [1.807, 2.05) is 34.6 Å². The Hall–Kier alpha value is -1.95. The maximum atomic E-state index is 12.0. The van der Waals surface area contributed by atoms with E-state index in [0.717, 1.165) is 0 Å². The summed E-state index contributed by atoms with van der Waals surface area (Å²) < 4.78 is 5.34. The molecule has 2 rings (SSSR count). The average Bonchev–Trinajstić information content (AvgIpc) is 2.83. The molecule has 7 heteroatoms. The number of esters is 1. The van der Waals surface area contributed by atoms with Gasteiger partial charge < -0.3 is 9.84 Å². The summed E-state index contributed by atoms with van der Waals surface area (Å²) >= 11 is 5.90. The molecule has 0 radical (unpaired) electrons. The first kappa shape index (κ1) is 19.4. The number of rotatable bonds is 5. The van der Waals surface area contributed by atoms with Crippen molar-refractivity contribution in [1.29, 1.82) is 0 Å². The third-order valence-corrected chi connectivity index (χ3v) is 4.32. The van der Waals surface area contributed by atoms with Crippen LogP contribution >= 0.6 is 11.6 Å². The van der Waals surface area contributed by atoms with Crippen molar-refractivity contribution in [3.05, 3.63) is 28.3 Å². The van der Waals surface area contributed by atoms with Gasteiger partial charge in [0.15, 0.2) is 0 Å². The zero-order chi connectivity index (χ0) is 19.0. The Bertz CT molecular complexity index is 735. The normalized spacial score (nSPS) is 17.0. The van der Waals surface area contributed by atoms with Crippen LogP contribution in [0.25, 0.3) is 6.08 Å². The predicted molar refractivity (Wildman–Crippen MR) is 94.3 cm³/mol. The van der Waals surface area contributed by atoms with Crippen LogP contribution in [0, 0.1) is 5.41 Å². The lowest BCUT2D eigenvalue weighted by Crippen LogP contribution is -2.29. The fourth-order valence-electron chi connectivity index (χ4n) is 3.06. The van der Waals surface area contributed by atoms with Gasteiger partial charge in [-0.2, -0.15) is 0 Å². The van der Waals surface area contributed by atoms with Gasteiger partial charge in [-0.15, -0.1) is 0 Å². The second-order valence-corrected chi connectivity index (χ2v) is 8.23. The summed E-state index contributed by atoms with van der Waals surface area (Å²) in [5, 5.41) is 9.65. The van der Waals surface area contributed by atoms with Gasteiger partial charge in [0.2, 0.25) is 5.28 Å². The zero-order valence-corrected chi connectivity index (χ0v) is 15.8. The maximum absolute atomic E-state index is 12.0. The highest BCUT2D eigenvalue weighted by molar-refractivity contribution is 6.28. The largest absolute Gasteiger partial charge is 0.478 e. The molecule has 0 saturated carbocycles. The first-order chi connectivity index (χ1) is 11.4. The molecule has 0 fully saturated rings. The number of ether oxygens (including phenoxy) is 1. The molecular weight excluding hydrogens is 344 g/mol. The van der Waals surface area contributed by atoms with Gasteiger partial charge in [-0.25, -0.2) is 14.8 Å². The summed E-state index contributed by atoms with van der Waals surface area (Å²) in [5.41, 5.74) is 0.405. The van der Waals surface area contributed by atoms with Crippen molar-refractivity contribution in [1.82, 2.24) is 9.97 Å². The monoisotopic (exact) mass is 366 g/mol. The van der Waals surface area contributed by atoms with Crippen molar-refractivity contribution in [3.8, 4) is 0 Å². The van der Waals surface area contributed by atoms with Crippen molar-refractivity contribution < 1.29 is 19.4 Å². The first-order valence-electron chi connectivity index (χ1n) is 8.10. The van der Waals surface area contributed by atoms with Crippen molar-refractivity contribution in [2.45, 2.75) is 59.0 Å². The van der Waals surface area contributed by atoms with Gasteiger partial charge in [0.1, 0.15) is 5.60 Å². The molecule has 1 aromatic rings. The Balaban J connectivity index is 2.25. The number of aliphatic carboxylic acids is 1. The minimum Gasteiger partial charge on any atom is -0.478 e. The molecule has 0 bridgehead atoms. The molecular formula is C18H23ClN2O4. The molecule has 1 atom stereocenters. The number of carbonyl (C=O) groups is 2. The van der Waals surface area contributed by atoms with E-state index in [9.17, 15) is 14.7 Å². The minimum absolute atomic E-state index is 0.0757. The number of carboxylic acid groups (broad SMARTS) is 1. The number of carbonyl (C=O) groups excluding carboxylic acids is 1. The molecule has 1 aliphatic rings. The number of hydrogen-bond donors (Lipinski definition) is 1. The molecule has 1 aromatic heterocycles. The number of halogens is 1. The number of aromatic nitrogens is 2. The van der Waals surface area contributed by atoms with Crippen LogP contribution in [0.3, 0.4) is 0 Å². The molecule has 0 spiro atoms. The molecule has 1 unspecified atom stereocenters. The van der Waals surface area contributed by atoms with Crippen molar-refractivity contribution >= 4 is 29.6 Å². The molecule has 6 nitrogen and oxygen atoms in total. The van der Waals surface area contributed by atoms with Crippen LogP contribution in [0.1, 0.15) is 64.6 Å². The van der Waals surface area contributed by atoms with Crippen LogP contribution in [-0.2, 0) is 14.3 Å². The highest BCUT2D eigenvalue weighted by Gasteiger charge is 2.42. The van der Waals surface area contributed by atoms with Crippen molar-refractivity contribution in [3.63, 3.8) is 0 Å². The van der Waals surface area contributed by atoms with Gasteiger partial charge in [0.05, 0.1) is 5.69 Å². The van der Waals surface area contributed by atoms with Gasteiger partial charge in [0, 0.05) is 29.7 Å². The van der Waals surface area contributed by atoms with Crippen LogP contribution < -0.4 is 0 Å². The van der Waals surface area contributed by atoms with E-state index < -0.39 is 22.9 Å². The minimum atomic E-state index is -1.01. The summed E-state index contributed by atoms with van der Waals surface area (Å²) in [5.74, 6) is -1.78. The van der Waals surface area contributed by atoms with Crippen molar-refractivity contribution in [2.24, 2.45) is 5.41 Å². The summed E-state index contributed by atoms with van der Waals surface area (Å²) in [6, 6.07) is 0. The van der Waals surface area contributed by atoms with Gasteiger partial charge >= 0.3 is 11.9 Å². The standard InChI is InChI=1S/C18H23ClN2O4/c1-17(2,3)25-12(22)6-7-18(4,5)13-11(15(23)24)8-10-9-20-16(19)21-14(10)13/h8-9,13H,6-7H2,1-5H3,(H,23,24). The second kappa shape index (κ2) is 6.75. The molecule has 0 amide bonds. The second-order valence-electron chi connectivity index (χ2n) is 7.89. The highest BCUT2D eigenvalue weighted by atomic mass is 35.5. The van der Waals surface area contributed by atoms with Crippen LogP contribution in [0.2, 0.25) is 5.28 Å². The molecule has 1 heterocycles. The van der Waals surface area contributed by atoms with E-state index >= 15 is 0 Å². The fraction of sp³-hybridized carbons (Fsp3) is 0.556. The Morgan fingerprint density at radius 1 is 1.28 bits per heavy atom. The van der Waals surface area contributed by atoms with Crippen LogP contribution in [-0.4, -0.2) is 32.6 Å². The first-order valence-corrected chi connectivity index (χ1v) is 8.48. The van der Waals surface area contributed by atoms with E-state index in [2.05, 4.69) is 9.97 Å². The molecule has 1 N–H and O–H groups in total. The quantitative estimate of drug-likeness (QED) is 0.629. The summed E-state index contributed by atoms with van der Waals surface area (Å²) in [6.07, 6.45) is 3.76. The number of fused-ring (bicyclic) bond motifs is 1. The zero-order valence-electron chi connectivity index (χ0n) is 15.1. The molecule has 0 aromatic carbocycles. The Labute approximate surface area is 152 Å². The summed E-state index contributed by atoms with van der Waals surface area (Å²) in [6.45, 7) is 9.28. The van der Waals surface area contributed by atoms with Gasteiger partial charge in [-0.1, -0.05) is 13.8 Å². The lowest BCUT2D eigenvalue weighted by atomic mass is 9.71. The van der Waals surface area contributed by atoms with Gasteiger partial charge in [-0.3, -0.25) is 4.79 Å². The van der Waals surface area contributed by atoms with E-state index in [0.29, 0.717) is 17.7 Å². The number of nitrogens with zero attached hydrogens (tertiary/aromatic N) is 2. The maximum Gasteiger partial charge on any atom is 0.332 e. The van der Waals surface area contributed by atoms with Gasteiger partial charge in [0.25, 0.3) is 0 Å². The van der Waals surface area contributed by atoms with E-state index in [1.54, 1.807) is 6.08 Å². The lowest BCUT2D eigenvalue weighted by Gasteiger charge is -2.33. The summed E-state index contributed by atoms with van der Waals surface area (Å²) in [7, 11) is 0. The molecule has 136 valence electrons. The van der Waals surface area contributed by atoms with Crippen LogP contribution in [0.4, 0.5) is 0 Å². The lowest BCUT2D eigenvalue weighted by molar-refractivity contribution is -0.155. The topological polar surface area (TPSA) is 89.4 Å². The Morgan fingerprint density at radius 2 is 1.92 bits per heavy atom. The molecule has 1 aliphatic carbocycles. The predicted octanol–water partition coefficient (Wildman–Crippen LogP) is 3.84. The molecule has 0 saturated heterocycles. The average molecular weight is 367 g/mol. The molecule has 25 heavy (non-hydrogen) atoms. The van der Waals surface area contributed by atoms with Gasteiger partial charge in [-0.05, 0) is 50.3 Å². The third-order valence-electron chi connectivity index (χ3n) is 4.14. The molecule has 0 aliphatic heterocycles. The van der Waals surface area contributed by atoms with E-state index in [4.69, 9.17) is 16.3 Å².